The molecule has 140 valence electrons. The maximum atomic E-state index is 13.7. The second kappa shape index (κ2) is 8.92. The molecule has 0 fully saturated rings. The third-order valence-electron chi connectivity index (χ3n) is 3.51. The lowest BCUT2D eigenvalue weighted by Crippen LogP contribution is -2.14. The van der Waals surface area contributed by atoms with Crippen LogP contribution in [0.3, 0.4) is 0 Å². The summed E-state index contributed by atoms with van der Waals surface area (Å²) in [5.74, 6) is -0.356. The number of rotatable bonds is 7. The molecule has 0 aliphatic rings. The Balaban J connectivity index is 1.53. The molecule has 1 amide bonds. The molecule has 0 atom stereocenters. The predicted octanol–water partition coefficient (Wildman–Crippen LogP) is 4.30. The Hall–Kier alpha value is -2.52. The van der Waals surface area contributed by atoms with Crippen LogP contribution in [0, 0.1) is 11.6 Å². The molecule has 0 unspecified atom stereocenters. The van der Waals surface area contributed by atoms with Crippen LogP contribution < -0.4 is 10.1 Å². The van der Waals surface area contributed by atoms with Crippen LogP contribution >= 0.6 is 23.1 Å². The van der Waals surface area contributed by atoms with Crippen LogP contribution in [0.25, 0.3) is 0 Å². The summed E-state index contributed by atoms with van der Waals surface area (Å²) >= 11 is 2.69. The van der Waals surface area contributed by atoms with E-state index in [2.05, 4.69) is 15.5 Å². The summed E-state index contributed by atoms with van der Waals surface area (Å²) in [4.78, 5) is 12.1. The van der Waals surface area contributed by atoms with Crippen LogP contribution in [0.5, 0.6) is 5.75 Å². The van der Waals surface area contributed by atoms with Crippen molar-refractivity contribution in [3.63, 3.8) is 0 Å². The summed E-state index contributed by atoms with van der Waals surface area (Å²) in [5.41, 5.74) is 1.49. The largest absolute Gasteiger partial charge is 0.494 e. The summed E-state index contributed by atoms with van der Waals surface area (Å²) in [7, 11) is 1.38. The summed E-state index contributed by atoms with van der Waals surface area (Å²) in [6, 6.07) is 10.6. The number of ether oxygens (including phenoxy) is 1. The molecule has 0 saturated carbocycles. The maximum Gasteiger partial charge on any atom is 0.230 e. The van der Waals surface area contributed by atoms with Gasteiger partial charge in [-0.15, -0.1) is 10.2 Å². The first-order valence-electron chi connectivity index (χ1n) is 7.86. The zero-order chi connectivity index (χ0) is 19.2. The third-order valence-corrected chi connectivity index (χ3v) is 5.55. The van der Waals surface area contributed by atoms with Crippen LogP contribution in [-0.4, -0.2) is 23.2 Å². The standard InChI is InChI=1S/C18H15F2N3O2S2/c1-25-15-7-4-12(8-14(15)20)9-16(24)21-17-22-23-18(27-17)26-10-11-2-5-13(19)6-3-11/h2-8H,9-10H2,1H3,(H,21,22,24). The number of methoxy groups -OCH3 is 1. The van der Waals surface area contributed by atoms with E-state index in [0.29, 0.717) is 20.8 Å². The van der Waals surface area contributed by atoms with Gasteiger partial charge in [-0.1, -0.05) is 41.3 Å². The molecule has 0 saturated heterocycles. The summed E-state index contributed by atoms with van der Waals surface area (Å²) < 4.78 is 32.1. The molecule has 2 aromatic carbocycles. The molecule has 27 heavy (non-hydrogen) atoms. The van der Waals surface area contributed by atoms with Crippen LogP contribution in [0.2, 0.25) is 0 Å². The number of hydrogen-bond donors (Lipinski definition) is 1. The fourth-order valence-electron chi connectivity index (χ4n) is 2.21. The van der Waals surface area contributed by atoms with Crippen molar-refractivity contribution >= 4 is 34.1 Å². The highest BCUT2D eigenvalue weighted by Crippen LogP contribution is 2.28. The smallest absolute Gasteiger partial charge is 0.230 e. The topological polar surface area (TPSA) is 64.1 Å². The van der Waals surface area contributed by atoms with Crippen molar-refractivity contribution in [3.05, 3.63) is 65.2 Å². The highest BCUT2D eigenvalue weighted by atomic mass is 32.2. The van der Waals surface area contributed by atoms with E-state index < -0.39 is 5.82 Å². The van der Waals surface area contributed by atoms with E-state index in [1.807, 2.05) is 0 Å². The second-order valence-electron chi connectivity index (χ2n) is 5.48. The van der Waals surface area contributed by atoms with Crippen molar-refractivity contribution in [1.82, 2.24) is 10.2 Å². The van der Waals surface area contributed by atoms with Gasteiger partial charge in [0.15, 0.2) is 15.9 Å². The molecule has 0 radical (unpaired) electrons. The number of halogens is 2. The normalized spacial score (nSPS) is 10.6. The Morgan fingerprint density at radius 3 is 2.59 bits per heavy atom. The van der Waals surface area contributed by atoms with Gasteiger partial charge in [-0.3, -0.25) is 4.79 Å². The zero-order valence-electron chi connectivity index (χ0n) is 14.2. The lowest BCUT2D eigenvalue weighted by atomic mass is 10.1. The van der Waals surface area contributed by atoms with Gasteiger partial charge in [0.05, 0.1) is 13.5 Å². The number of benzene rings is 2. The maximum absolute atomic E-state index is 13.7. The lowest BCUT2D eigenvalue weighted by Gasteiger charge is -2.05. The fourth-order valence-corrected chi connectivity index (χ4v) is 3.94. The Bertz CT molecular complexity index is 933. The fraction of sp³-hybridized carbons (Fsp3) is 0.167. The number of nitrogens with one attached hydrogen (secondary N) is 1. The minimum absolute atomic E-state index is 0.0125. The Morgan fingerprint density at radius 1 is 1.15 bits per heavy atom. The average molecular weight is 407 g/mol. The van der Waals surface area contributed by atoms with Crippen molar-refractivity contribution in [2.45, 2.75) is 16.5 Å². The van der Waals surface area contributed by atoms with Gasteiger partial charge >= 0.3 is 0 Å². The predicted molar refractivity (Wildman–Crippen MR) is 101 cm³/mol. The van der Waals surface area contributed by atoms with Gasteiger partial charge in [0, 0.05) is 5.75 Å². The minimum atomic E-state index is -0.516. The number of anilines is 1. The van der Waals surface area contributed by atoms with Gasteiger partial charge in [0.25, 0.3) is 0 Å². The molecule has 0 spiro atoms. The summed E-state index contributed by atoms with van der Waals surface area (Å²) in [5, 5.41) is 11.0. The quantitative estimate of drug-likeness (QED) is 0.467. The molecule has 0 aliphatic heterocycles. The zero-order valence-corrected chi connectivity index (χ0v) is 15.9. The highest BCUT2D eigenvalue weighted by Gasteiger charge is 2.11. The van der Waals surface area contributed by atoms with Gasteiger partial charge in [-0.05, 0) is 35.4 Å². The second-order valence-corrected chi connectivity index (χ2v) is 7.68. The molecule has 0 aliphatic carbocycles. The number of carbonyl (C=O) groups is 1. The van der Waals surface area contributed by atoms with Gasteiger partial charge in [-0.25, -0.2) is 8.78 Å². The number of carbonyl (C=O) groups excluding carboxylic acids is 1. The molecular formula is C18H15F2N3O2S2. The molecule has 1 heterocycles. The monoisotopic (exact) mass is 407 g/mol. The first-order valence-corrected chi connectivity index (χ1v) is 9.66. The van der Waals surface area contributed by atoms with Gasteiger partial charge in [-0.2, -0.15) is 0 Å². The van der Waals surface area contributed by atoms with Gasteiger partial charge in [0.1, 0.15) is 5.82 Å². The van der Waals surface area contributed by atoms with Crippen molar-refractivity contribution < 1.29 is 18.3 Å². The first-order chi connectivity index (χ1) is 13.0. The number of thioether (sulfide) groups is 1. The van der Waals surface area contributed by atoms with E-state index >= 15 is 0 Å². The van der Waals surface area contributed by atoms with Crippen molar-refractivity contribution in [3.8, 4) is 5.75 Å². The number of nitrogens with zero attached hydrogens (tertiary/aromatic N) is 2. The minimum Gasteiger partial charge on any atom is -0.494 e. The van der Waals surface area contributed by atoms with Crippen LogP contribution in [0.4, 0.5) is 13.9 Å². The average Bonchev–Trinajstić information content (AvgIpc) is 3.08. The van der Waals surface area contributed by atoms with E-state index in [1.165, 1.54) is 54.5 Å². The van der Waals surface area contributed by atoms with Crippen molar-refractivity contribution in [2.75, 3.05) is 12.4 Å². The highest BCUT2D eigenvalue weighted by molar-refractivity contribution is 8.00. The van der Waals surface area contributed by atoms with E-state index in [1.54, 1.807) is 18.2 Å². The number of hydrogen-bond acceptors (Lipinski definition) is 6. The molecule has 0 bridgehead atoms. The van der Waals surface area contributed by atoms with Crippen LogP contribution in [0.15, 0.2) is 46.8 Å². The molecule has 3 aromatic rings. The van der Waals surface area contributed by atoms with E-state index in [9.17, 15) is 13.6 Å². The van der Waals surface area contributed by atoms with Crippen molar-refractivity contribution in [1.29, 1.82) is 0 Å². The Kier molecular flexibility index (Phi) is 6.36. The Morgan fingerprint density at radius 2 is 1.89 bits per heavy atom. The van der Waals surface area contributed by atoms with E-state index in [4.69, 9.17) is 4.74 Å². The molecule has 5 nitrogen and oxygen atoms in total. The molecular weight excluding hydrogens is 392 g/mol. The summed E-state index contributed by atoms with van der Waals surface area (Å²) in [6.45, 7) is 0. The van der Waals surface area contributed by atoms with E-state index in [0.717, 1.165) is 5.56 Å². The van der Waals surface area contributed by atoms with Gasteiger partial charge < -0.3 is 10.1 Å². The van der Waals surface area contributed by atoms with Crippen LogP contribution in [-0.2, 0) is 17.0 Å². The molecule has 1 aromatic heterocycles. The van der Waals surface area contributed by atoms with Crippen LogP contribution in [0.1, 0.15) is 11.1 Å². The molecule has 1 N–H and O–H groups in total. The number of aromatic nitrogens is 2. The number of amides is 1. The van der Waals surface area contributed by atoms with Gasteiger partial charge in [0.2, 0.25) is 11.0 Å². The van der Waals surface area contributed by atoms with Crippen molar-refractivity contribution in [2.24, 2.45) is 0 Å². The SMILES string of the molecule is COc1ccc(CC(=O)Nc2nnc(SCc3ccc(F)cc3)s2)cc1F. The third kappa shape index (κ3) is 5.48. The lowest BCUT2D eigenvalue weighted by molar-refractivity contribution is -0.115. The Labute approximate surface area is 162 Å². The molecule has 3 rings (SSSR count). The summed E-state index contributed by atoms with van der Waals surface area (Å²) in [6.07, 6.45) is 0.0125. The molecule has 9 heteroatoms. The van der Waals surface area contributed by atoms with E-state index in [-0.39, 0.29) is 23.9 Å². The first kappa shape index (κ1) is 19.2.